The smallest absolute Gasteiger partial charge is 0.270 e. The molecule has 0 fully saturated rings. The van der Waals surface area contributed by atoms with E-state index in [0.717, 1.165) is 19.6 Å². The van der Waals surface area contributed by atoms with Gasteiger partial charge in [-0.2, -0.15) is 0 Å². The van der Waals surface area contributed by atoms with Crippen molar-refractivity contribution in [1.29, 1.82) is 0 Å². The zero-order chi connectivity index (χ0) is 15.1. The summed E-state index contributed by atoms with van der Waals surface area (Å²) in [4.78, 5) is 12.5. The molecule has 0 aliphatic heterocycles. The number of nitro benzene ring substituents is 1. The monoisotopic (exact) mass is 282 g/mol. The van der Waals surface area contributed by atoms with E-state index in [1.807, 2.05) is 0 Å². The highest BCUT2D eigenvalue weighted by atomic mass is 16.6. The molecular formula is C14H22N2O4. The van der Waals surface area contributed by atoms with E-state index in [1.54, 1.807) is 13.0 Å². The number of non-ortho nitro benzene ring substituents is 1. The third-order valence-corrected chi connectivity index (χ3v) is 3.21. The SMILES string of the molecule is CCN(CC)CCOc1ccc([N+](=O)[O-])cc1[C@@H](C)O. The second-order valence-corrected chi connectivity index (χ2v) is 4.53. The maximum Gasteiger partial charge on any atom is 0.270 e. The molecule has 0 saturated heterocycles. The van der Waals surface area contributed by atoms with E-state index in [9.17, 15) is 15.2 Å². The number of benzene rings is 1. The van der Waals surface area contributed by atoms with Crippen molar-refractivity contribution in [2.45, 2.75) is 26.9 Å². The molecule has 0 radical (unpaired) electrons. The summed E-state index contributed by atoms with van der Waals surface area (Å²) in [6.07, 6.45) is -0.807. The van der Waals surface area contributed by atoms with E-state index in [1.165, 1.54) is 12.1 Å². The molecule has 6 heteroatoms. The number of aliphatic hydroxyl groups excluding tert-OH is 1. The lowest BCUT2D eigenvalue weighted by molar-refractivity contribution is -0.385. The van der Waals surface area contributed by atoms with Gasteiger partial charge in [0.05, 0.1) is 11.0 Å². The van der Waals surface area contributed by atoms with Gasteiger partial charge in [-0.15, -0.1) is 0 Å². The van der Waals surface area contributed by atoms with E-state index in [0.29, 0.717) is 17.9 Å². The fourth-order valence-corrected chi connectivity index (χ4v) is 1.93. The summed E-state index contributed by atoms with van der Waals surface area (Å²) in [7, 11) is 0. The third-order valence-electron chi connectivity index (χ3n) is 3.21. The molecule has 20 heavy (non-hydrogen) atoms. The van der Waals surface area contributed by atoms with Gasteiger partial charge in [-0.3, -0.25) is 10.1 Å². The topological polar surface area (TPSA) is 75.8 Å². The largest absolute Gasteiger partial charge is 0.492 e. The van der Waals surface area contributed by atoms with E-state index >= 15 is 0 Å². The zero-order valence-corrected chi connectivity index (χ0v) is 12.2. The molecule has 0 heterocycles. The number of aliphatic hydroxyl groups is 1. The Balaban J connectivity index is 2.76. The number of nitro groups is 1. The molecule has 1 atom stereocenters. The van der Waals surface area contributed by atoms with Gasteiger partial charge < -0.3 is 14.7 Å². The molecule has 0 aromatic heterocycles. The molecule has 0 aliphatic carbocycles. The Kier molecular flexibility index (Phi) is 6.41. The van der Waals surface area contributed by atoms with E-state index in [4.69, 9.17) is 4.74 Å². The van der Waals surface area contributed by atoms with Crippen molar-refractivity contribution < 1.29 is 14.8 Å². The summed E-state index contributed by atoms with van der Waals surface area (Å²) >= 11 is 0. The average molecular weight is 282 g/mol. The number of nitrogens with zero attached hydrogens (tertiary/aromatic N) is 2. The maximum atomic E-state index is 10.7. The molecule has 1 aromatic carbocycles. The standard InChI is InChI=1S/C14H22N2O4/c1-4-15(5-2)8-9-20-14-7-6-12(16(18)19)10-13(14)11(3)17/h6-7,10-11,17H,4-5,8-9H2,1-3H3/t11-/m1/s1. The lowest BCUT2D eigenvalue weighted by atomic mass is 10.1. The van der Waals surface area contributed by atoms with Crippen LogP contribution in [0.4, 0.5) is 5.69 Å². The molecule has 1 aromatic rings. The molecule has 0 spiro atoms. The van der Waals surface area contributed by atoms with Crippen molar-refractivity contribution in [2.24, 2.45) is 0 Å². The number of ether oxygens (including phenoxy) is 1. The van der Waals surface area contributed by atoms with Crippen molar-refractivity contribution in [3.05, 3.63) is 33.9 Å². The fourth-order valence-electron chi connectivity index (χ4n) is 1.93. The van der Waals surface area contributed by atoms with Gasteiger partial charge in [-0.25, -0.2) is 0 Å². The van der Waals surface area contributed by atoms with Crippen LogP contribution in [0.5, 0.6) is 5.75 Å². The van der Waals surface area contributed by atoms with Crippen LogP contribution in [0.3, 0.4) is 0 Å². The van der Waals surface area contributed by atoms with E-state index in [-0.39, 0.29) is 5.69 Å². The lowest BCUT2D eigenvalue weighted by Gasteiger charge is -2.19. The quantitative estimate of drug-likeness (QED) is 0.585. The van der Waals surface area contributed by atoms with Crippen LogP contribution < -0.4 is 4.74 Å². The van der Waals surface area contributed by atoms with Gasteiger partial charge in [0.2, 0.25) is 0 Å². The van der Waals surface area contributed by atoms with E-state index in [2.05, 4.69) is 18.7 Å². The molecule has 1 N–H and O–H groups in total. The second kappa shape index (κ2) is 7.81. The number of hydrogen-bond acceptors (Lipinski definition) is 5. The molecule has 0 unspecified atom stereocenters. The summed E-state index contributed by atoms with van der Waals surface area (Å²) in [5.41, 5.74) is 0.399. The molecule has 6 nitrogen and oxygen atoms in total. The maximum absolute atomic E-state index is 10.7. The molecule has 112 valence electrons. The van der Waals surface area contributed by atoms with Gasteiger partial charge in [0.15, 0.2) is 0 Å². The number of hydrogen-bond donors (Lipinski definition) is 1. The van der Waals surface area contributed by atoms with Crippen molar-refractivity contribution in [3.8, 4) is 5.75 Å². The predicted molar refractivity (Wildman–Crippen MR) is 77.0 cm³/mol. The highest BCUT2D eigenvalue weighted by Gasteiger charge is 2.15. The second-order valence-electron chi connectivity index (χ2n) is 4.53. The summed E-state index contributed by atoms with van der Waals surface area (Å²) in [5, 5.41) is 20.4. The van der Waals surface area contributed by atoms with Crippen LogP contribution in [0.25, 0.3) is 0 Å². The van der Waals surface area contributed by atoms with Gasteiger partial charge in [0, 0.05) is 24.2 Å². The van der Waals surface area contributed by atoms with Crippen LogP contribution in [-0.2, 0) is 0 Å². The van der Waals surface area contributed by atoms with Gasteiger partial charge in [0.25, 0.3) is 5.69 Å². The Morgan fingerprint density at radius 2 is 2.05 bits per heavy atom. The minimum Gasteiger partial charge on any atom is -0.492 e. The van der Waals surface area contributed by atoms with Gasteiger partial charge in [0.1, 0.15) is 12.4 Å². The molecule has 0 amide bonds. The minimum atomic E-state index is -0.807. The summed E-state index contributed by atoms with van der Waals surface area (Å²) in [5.74, 6) is 0.498. The Morgan fingerprint density at radius 1 is 1.40 bits per heavy atom. The normalized spacial score (nSPS) is 12.4. The van der Waals surface area contributed by atoms with Crippen LogP contribution >= 0.6 is 0 Å². The Bertz CT molecular complexity index is 445. The first-order chi connectivity index (χ1) is 9.49. The van der Waals surface area contributed by atoms with Crippen molar-refractivity contribution in [3.63, 3.8) is 0 Å². The first-order valence-corrected chi connectivity index (χ1v) is 6.81. The van der Waals surface area contributed by atoms with Crippen LogP contribution in [0.1, 0.15) is 32.4 Å². The average Bonchev–Trinajstić information content (AvgIpc) is 2.43. The van der Waals surface area contributed by atoms with Crippen molar-refractivity contribution in [1.82, 2.24) is 4.90 Å². The van der Waals surface area contributed by atoms with Crippen LogP contribution in [0.2, 0.25) is 0 Å². The van der Waals surface area contributed by atoms with Crippen molar-refractivity contribution in [2.75, 3.05) is 26.2 Å². The third kappa shape index (κ3) is 4.47. The number of rotatable bonds is 8. The summed E-state index contributed by atoms with van der Waals surface area (Å²) in [6, 6.07) is 4.29. The molecule has 0 saturated carbocycles. The summed E-state index contributed by atoms with van der Waals surface area (Å²) < 4.78 is 5.64. The van der Waals surface area contributed by atoms with E-state index < -0.39 is 11.0 Å². The first-order valence-electron chi connectivity index (χ1n) is 6.81. The van der Waals surface area contributed by atoms with Crippen molar-refractivity contribution >= 4 is 5.69 Å². The Morgan fingerprint density at radius 3 is 2.55 bits per heavy atom. The highest BCUT2D eigenvalue weighted by Crippen LogP contribution is 2.29. The molecule has 0 aliphatic rings. The highest BCUT2D eigenvalue weighted by molar-refractivity contribution is 5.44. The summed E-state index contributed by atoms with van der Waals surface area (Å²) in [6.45, 7) is 8.89. The molecule has 1 rings (SSSR count). The van der Waals surface area contributed by atoms with Crippen LogP contribution in [0, 0.1) is 10.1 Å². The van der Waals surface area contributed by atoms with Gasteiger partial charge >= 0.3 is 0 Å². The molecular weight excluding hydrogens is 260 g/mol. The van der Waals surface area contributed by atoms with Gasteiger partial charge in [-0.1, -0.05) is 13.8 Å². The Labute approximate surface area is 119 Å². The fraction of sp³-hybridized carbons (Fsp3) is 0.571. The van der Waals surface area contributed by atoms with Crippen LogP contribution in [0.15, 0.2) is 18.2 Å². The van der Waals surface area contributed by atoms with Crippen LogP contribution in [-0.4, -0.2) is 41.2 Å². The Hall–Kier alpha value is -1.66. The first kappa shape index (κ1) is 16.4. The minimum absolute atomic E-state index is 0.0445. The molecule has 0 bridgehead atoms. The number of likely N-dealkylation sites (N-methyl/N-ethyl adjacent to an activating group) is 1. The zero-order valence-electron chi connectivity index (χ0n) is 12.2. The lowest BCUT2D eigenvalue weighted by Crippen LogP contribution is -2.28. The van der Waals surface area contributed by atoms with Gasteiger partial charge in [-0.05, 0) is 26.1 Å². The predicted octanol–water partition coefficient (Wildman–Crippen LogP) is 2.37.